The van der Waals surface area contributed by atoms with Crippen molar-refractivity contribution in [3.8, 4) is 5.75 Å². The predicted molar refractivity (Wildman–Crippen MR) is 82.2 cm³/mol. The van der Waals surface area contributed by atoms with Gasteiger partial charge in [0.05, 0.1) is 0 Å². The van der Waals surface area contributed by atoms with Crippen LogP contribution in [0, 0.1) is 6.92 Å². The topological polar surface area (TPSA) is 32.3 Å². The molecule has 0 aliphatic rings. The maximum absolute atomic E-state index is 9.81. The molecule has 0 amide bonds. The molecule has 2 N–H and O–H groups in total. The van der Waals surface area contributed by atoms with Gasteiger partial charge in [-0.25, -0.2) is 0 Å². The second-order valence-corrected chi connectivity index (χ2v) is 5.70. The lowest BCUT2D eigenvalue weighted by Gasteiger charge is -2.15. The van der Waals surface area contributed by atoms with Crippen LogP contribution in [-0.4, -0.2) is 5.11 Å². The van der Waals surface area contributed by atoms with Crippen molar-refractivity contribution < 1.29 is 5.11 Å². The van der Waals surface area contributed by atoms with Gasteiger partial charge >= 0.3 is 0 Å². The molecule has 0 aromatic heterocycles. The molecule has 0 heterocycles. The fourth-order valence-electron chi connectivity index (χ4n) is 1.99. The maximum Gasteiger partial charge on any atom is 0.120 e. The molecule has 1 unspecified atom stereocenters. The number of aromatic hydroxyl groups is 1. The molecular weight excluding hydrogens is 302 g/mol. The van der Waals surface area contributed by atoms with Gasteiger partial charge in [-0.3, -0.25) is 0 Å². The van der Waals surface area contributed by atoms with Crippen molar-refractivity contribution >= 4 is 15.9 Å². The molecule has 0 saturated carbocycles. The maximum atomic E-state index is 9.81. The van der Waals surface area contributed by atoms with Gasteiger partial charge < -0.3 is 10.4 Å². The summed E-state index contributed by atoms with van der Waals surface area (Å²) >= 11 is 3.43. The van der Waals surface area contributed by atoms with Crippen LogP contribution in [0.5, 0.6) is 5.75 Å². The monoisotopic (exact) mass is 319 g/mol. The summed E-state index contributed by atoms with van der Waals surface area (Å²) < 4.78 is 1.08. The quantitative estimate of drug-likeness (QED) is 0.879. The zero-order valence-corrected chi connectivity index (χ0v) is 12.7. The van der Waals surface area contributed by atoms with Crippen LogP contribution in [0.2, 0.25) is 0 Å². The van der Waals surface area contributed by atoms with Crippen molar-refractivity contribution in [1.82, 2.24) is 5.32 Å². The fraction of sp³-hybridized carbons (Fsp3) is 0.250. The van der Waals surface area contributed by atoms with Crippen LogP contribution in [0.1, 0.15) is 29.7 Å². The molecule has 0 bridgehead atoms. The summed E-state index contributed by atoms with van der Waals surface area (Å²) in [5.74, 6) is 0.348. The third-order valence-electron chi connectivity index (χ3n) is 3.20. The molecule has 0 spiro atoms. The Kier molecular flexibility index (Phi) is 4.61. The average Bonchev–Trinajstić information content (AvgIpc) is 2.40. The van der Waals surface area contributed by atoms with E-state index in [1.807, 2.05) is 31.2 Å². The molecule has 19 heavy (non-hydrogen) atoms. The molecule has 2 aromatic carbocycles. The van der Waals surface area contributed by atoms with Gasteiger partial charge in [-0.15, -0.1) is 0 Å². The van der Waals surface area contributed by atoms with E-state index in [1.54, 1.807) is 6.07 Å². The van der Waals surface area contributed by atoms with E-state index in [0.717, 1.165) is 15.6 Å². The van der Waals surface area contributed by atoms with Crippen molar-refractivity contribution in [3.05, 3.63) is 63.6 Å². The van der Waals surface area contributed by atoms with E-state index in [0.29, 0.717) is 12.3 Å². The SMILES string of the molecule is Cc1ccc(O)c(CNC(C)c2ccc(Br)cc2)c1. The van der Waals surface area contributed by atoms with Gasteiger partial charge in [0.1, 0.15) is 5.75 Å². The fourth-order valence-corrected chi connectivity index (χ4v) is 2.25. The number of phenolic OH excluding ortho intramolecular Hbond substituents is 1. The molecule has 2 nitrogen and oxygen atoms in total. The van der Waals surface area contributed by atoms with Gasteiger partial charge in [0.2, 0.25) is 0 Å². The predicted octanol–water partition coefficient (Wildman–Crippen LogP) is 4.31. The third-order valence-corrected chi connectivity index (χ3v) is 3.73. The summed E-state index contributed by atoms with van der Waals surface area (Å²) in [6, 6.07) is 14.2. The lowest BCUT2D eigenvalue weighted by Crippen LogP contribution is -2.18. The highest BCUT2D eigenvalue weighted by Gasteiger charge is 2.07. The Labute approximate surface area is 122 Å². The molecule has 0 radical (unpaired) electrons. The van der Waals surface area contributed by atoms with Gasteiger partial charge in [-0.1, -0.05) is 45.8 Å². The summed E-state index contributed by atoms with van der Waals surface area (Å²) in [6.45, 7) is 4.81. The van der Waals surface area contributed by atoms with Crippen molar-refractivity contribution in [3.63, 3.8) is 0 Å². The zero-order valence-electron chi connectivity index (χ0n) is 11.2. The largest absolute Gasteiger partial charge is 0.508 e. The zero-order chi connectivity index (χ0) is 13.8. The molecule has 0 saturated heterocycles. The Hall–Kier alpha value is -1.32. The van der Waals surface area contributed by atoms with Crippen LogP contribution < -0.4 is 5.32 Å². The minimum absolute atomic E-state index is 0.244. The molecule has 0 fully saturated rings. The Morgan fingerprint density at radius 2 is 1.84 bits per heavy atom. The third kappa shape index (κ3) is 3.82. The Bertz CT molecular complexity index is 551. The number of nitrogens with one attached hydrogen (secondary N) is 1. The average molecular weight is 320 g/mol. The standard InChI is InChI=1S/C16H18BrNO/c1-11-3-8-16(19)14(9-11)10-18-12(2)13-4-6-15(17)7-5-13/h3-9,12,18-19H,10H2,1-2H3. The van der Waals surface area contributed by atoms with Crippen LogP contribution in [0.15, 0.2) is 46.9 Å². The van der Waals surface area contributed by atoms with Crippen LogP contribution in [0.25, 0.3) is 0 Å². The van der Waals surface area contributed by atoms with Gasteiger partial charge in [0, 0.05) is 22.6 Å². The van der Waals surface area contributed by atoms with E-state index in [4.69, 9.17) is 0 Å². The smallest absolute Gasteiger partial charge is 0.120 e. The van der Waals surface area contributed by atoms with Crippen molar-refractivity contribution in [1.29, 1.82) is 0 Å². The minimum atomic E-state index is 0.244. The van der Waals surface area contributed by atoms with E-state index in [1.165, 1.54) is 5.56 Å². The van der Waals surface area contributed by atoms with Crippen molar-refractivity contribution in [2.75, 3.05) is 0 Å². The highest BCUT2D eigenvalue weighted by molar-refractivity contribution is 9.10. The molecule has 1 atom stereocenters. The first kappa shape index (κ1) is 14.1. The number of halogens is 1. The molecule has 2 rings (SSSR count). The second-order valence-electron chi connectivity index (χ2n) is 4.79. The van der Waals surface area contributed by atoms with E-state index >= 15 is 0 Å². The van der Waals surface area contributed by atoms with Gasteiger partial charge in [0.15, 0.2) is 0 Å². The second kappa shape index (κ2) is 6.22. The highest BCUT2D eigenvalue weighted by atomic mass is 79.9. The summed E-state index contributed by atoms with van der Waals surface area (Å²) in [6.07, 6.45) is 0. The Morgan fingerprint density at radius 3 is 2.53 bits per heavy atom. The number of aryl methyl sites for hydroxylation is 1. The summed E-state index contributed by atoms with van der Waals surface area (Å²) in [5.41, 5.74) is 3.32. The first-order valence-electron chi connectivity index (χ1n) is 6.33. The van der Waals surface area contributed by atoms with Gasteiger partial charge in [0.25, 0.3) is 0 Å². The number of phenols is 1. The van der Waals surface area contributed by atoms with Gasteiger partial charge in [-0.2, -0.15) is 0 Å². The molecule has 100 valence electrons. The highest BCUT2D eigenvalue weighted by Crippen LogP contribution is 2.20. The molecule has 0 aliphatic heterocycles. The Morgan fingerprint density at radius 1 is 1.16 bits per heavy atom. The first-order valence-corrected chi connectivity index (χ1v) is 7.13. The van der Waals surface area contributed by atoms with Crippen LogP contribution >= 0.6 is 15.9 Å². The summed E-state index contributed by atoms with van der Waals surface area (Å²) in [5, 5.41) is 13.2. The number of hydrogen-bond acceptors (Lipinski definition) is 2. The van der Waals surface area contributed by atoms with E-state index < -0.39 is 0 Å². The summed E-state index contributed by atoms with van der Waals surface area (Å²) in [4.78, 5) is 0. The van der Waals surface area contributed by atoms with E-state index in [2.05, 4.69) is 40.3 Å². The van der Waals surface area contributed by atoms with Crippen LogP contribution in [0.3, 0.4) is 0 Å². The number of rotatable bonds is 4. The number of hydrogen-bond donors (Lipinski definition) is 2. The number of benzene rings is 2. The first-order chi connectivity index (χ1) is 9.06. The van der Waals surface area contributed by atoms with Crippen LogP contribution in [0.4, 0.5) is 0 Å². The van der Waals surface area contributed by atoms with Crippen molar-refractivity contribution in [2.45, 2.75) is 26.4 Å². The molecular formula is C16H18BrNO. The lowest BCUT2D eigenvalue weighted by atomic mass is 10.1. The lowest BCUT2D eigenvalue weighted by molar-refractivity contribution is 0.460. The minimum Gasteiger partial charge on any atom is -0.508 e. The van der Waals surface area contributed by atoms with Gasteiger partial charge in [-0.05, 0) is 37.6 Å². The molecule has 2 aromatic rings. The summed E-state index contributed by atoms with van der Waals surface area (Å²) in [7, 11) is 0. The molecule has 3 heteroatoms. The van der Waals surface area contributed by atoms with E-state index in [-0.39, 0.29) is 6.04 Å². The van der Waals surface area contributed by atoms with Crippen LogP contribution in [-0.2, 0) is 6.54 Å². The normalized spacial score (nSPS) is 12.4. The van der Waals surface area contributed by atoms with Crippen molar-refractivity contribution in [2.24, 2.45) is 0 Å². The Balaban J connectivity index is 2.02. The van der Waals surface area contributed by atoms with E-state index in [9.17, 15) is 5.11 Å². The molecule has 0 aliphatic carbocycles.